The first-order chi connectivity index (χ1) is 5.90. The van der Waals surface area contributed by atoms with Gasteiger partial charge in [0.2, 0.25) is 0 Å². The first kappa shape index (κ1) is 7.62. The van der Waals surface area contributed by atoms with Gasteiger partial charge in [0.15, 0.2) is 0 Å². The summed E-state index contributed by atoms with van der Waals surface area (Å²) >= 11 is 6.15. The summed E-state index contributed by atoms with van der Waals surface area (Å²) in [6.45, 7) is 0. The van der Waals surface area contributed by atoms with Gasteiger partial charge in [-0.05, 0) is 29.7 Å². The molecule has 0 fully saturated rings. The van der Waals surface area contributed by atoms with E-state index < -0.39 is 0 Å². The number of benzene rings is 1. The van der Waals surface area contributed by atoms with E-state index in [9.17, 15) is 0 Å². The third-order valence-electron chi connectivity index (χ3n) is 1.57. The van der Waals surface area contributed by atoms with Crippen LogP contribution in [0.1, 0.15) is 0 Å². The Morgan fingerprint density at radius 1 is 1.33 bits per heavy atom. The highest BCUT2D eigenvalue weighted by Gasteiger charge is 1.97. The maximum absolute atomic E-state index is 4.53. The van der Waals surface area contributed by atoms with Crippen LogP contribution in [0.15, 0.2) is 35.3 Å². The summed E-state index contributed by atoms with van der Waals surface area (Å²) in [6, 6.07) is 10.2. The third kappa shape index (κ3) is 1.30. The lowest BCUT2D eigenvalue weighted by Crippen LogP contribution is -1.56. The Morgan fingerprint density at radius 3 is 2.92 bits per heavy atom. The Morgan fingerprint density at radius 2 is 2.17 bits per heavy atom. The van der Waals surface area contributed by atoms with E-state index in [-0.39, 0.29) is 0 Å². The fraction of sp³-hybridized carbons (Fsp3) is 0. The van der Waals surface area contributed by atoms with Gasteiger partial charge in [0.05, 0.1) is 5.16 Å². The van der Waals surface area contributed by atoms with Gasteiger partial charge >= 0.3 is 0 Å². The molecular formula is C9H5NS2. The summed E-state index contributed by atoms with van der Waals surface area (Å²) in [5, 5.41) is 4.50. The maximum Gasteiger partial charge on any atom is 0.128 e. The average Bonchev–Trinajstić information content (AvgIpc) is 2.47. The van der Waals surface area contributed by atoms with Crippen molar-refractivity contribution in [3.8, 4) is 0 Å². The van der Waals surface area contributed by atoms with E-state index in [1.165, 1.54) is 10.1 Å². The van der Waals surface area contributed by atoms with Crippen molar-refractivity contribution in [2.45, 2.75) is 0 Å². The molecule has 0 amide bonds. The van der Waals surface area contributed by atoms with E-state index in [2.05, 4.69) is 34.5 Å². The van der Waals surface area contributed by atoms with Crippen molar-refractivity contribution in [3.63, 3.8) is 0 Å². The standard InChI is InChI=1S/C9H5NS2/c11-6-10-9-5-7-3-1-2-4-8(7)12-9/h1-5H. The summed E-state index contributed by atoms with van der Waals surface area (Å²) in [5.74, 6) is 0. The lowest BCUT2D eigenvalue weighted by atomic mass is 10.3. The molecule has 2 aromatic rings. The highest BCUT2D eigenvalue weighted by molar-refractivity contribution is 7.78. The summed E-state index contributed by atoms with van der Waals surface area (Å²) in [4.78, 5) is 3.93. The van der Waals surface area contributed by atoms with Crippen molar-refractivity contribution in [3.05, 3.63) is 30.3 Å². The Balaban J connectivity index is 2.69. The topological polar surface area (TPSA) is 12.4 Å². The molecule has 0 atom stereocenters. The highest BCUT2D eigenvalue weighted by Crippen LogP contribution is 2.30. The van der Waals surface area contributed by atoms with Crippen LogP contribution in [0.3, 0.4) is 0 Å². The molecule has 1 nitrogen and oxygen atoms in total. The number of hydrogen-bond donors (Lipinski definition) is 0. The van der Waals surface area contributed by atoms with Crippen LogP contribution in [0.2, 0.25) is 0 Å². The number of rotatable bonds is 1. The van der Waals surface area contributed by atoms with E-state index in [1.54, 1.807) is 11.3 Å². The molecule has 0 unspecified atom stereocenters. The lowest BCUT2D eigenvalue weighted by molar-refractivity contribution is 1.70. The molecule has 1 heterocycles. The van der Waals surface area contributed by atoms with Crippen LogP contribution >= 0.6 is 23.6 Å². The van der Waals surface area contributed by atoms with Gasteiger partial charge in [-0.25, -0.2) is 0 Å². The van der Waals surface area contributed by atoms with Crippen LogP contribution in [0, 0.1) is 0 Å². The number of isothiocyanates is 1. The second-order valence-electron chi connectivity index (χ2n) is 2.33. The van der Waals surface area contributed by atoms with Gasteiger partial charge in [-0.15, -0.1) is 11.3 Å². The molecule has 3 heteroatoms. The monoisotopic (exact) mass is 191 g/mol. The van der Waals surface area contributed by atoms with Crippen LogP contribution in [-0.2, 0) is 0 Å². The molecule has 0 aliphatic heterocycles. The summed E-state index contributed by atoms with van der Waals surface area (Å²) in [6.07, 6.45) is 0. The van der Waals surface area contributed by atoms with E-state index >= 15 is 0 Å². The number of hydrogen-bond acceptors (Lipinski definition) is 3. The number of nitrogens with zero attached hydrogens (tertiary/aromatic N) is 1. The molecule has 0 N–H and O–H groups in total. The zero-order valence-electron chi connectivity index (χ0n) is 6.15. The molecule has 12 heavy (non-hydrogen) atoms. The van der Waals surface area contributed by atoms with Gasteiger partial charge in [-0.1, -0.05) is 18.2 Å². The smallest absolute Gasteiger partial charge is 0.128 e. The molecule has 58 valence electrons. The molecule has 1 aromatic heterocycles. The van der Waals surface area contributed by atoms with Crippen molar-refractivity contribution in [2.24, 2.45) is 4.99 Å². The third-order valence-corrected chi connectivity index (χ3v) is 2.67. The Bertz CT molecular complexity index is 419. The molecule has 0 saturated carbocycles. The van der Waals surface area contributed by atoms with Crippen LogP contribution < -0.4 is 0 Å². The predicted molar refractivity (Wildman–Crippen MR) is 56.5 cm³/mol. The van der Waals surface area contributed by atoms with Crippen molar-refractivity contribution in [2.75, 3.05) is 0 Å². The molecule has 0 spiro atoms. The molecule has 0 bridgehead atoms. The quantitative estimate of drug-likeness (QED) is 0.495. The summed E-state index contributed by atoms with van der Waals surface area (Å²) < 4.78 is 1.24. The minimum atomic E-state index is 0.922. The summed E-state index contributed by atoms with van der Waals surface area (Å²) in [7, 11) is 0. The molecular weight excluding hydrogens is 186 g/mol. The van der Waals surface area contributed by atoms with Crippen LogP contribution in [0.5, 0.6) is 0 Å². The molecule has 0 aliphatic carbocycles. The zero-order valence-corrected chi connectivity index (χ0v) is 7.78. The van der Waals surface area contributed by atoms with Gasteiger partial charge in [-0.2, -0.15) is 4.99 Å². The van der Waals surface area contributed by atoms with E-state index in [4.69, 9.17) is 0 Å². The van der Waals surface area contributed by atoms with Crippen molar-refractivity contribution < 1.29 is 0 Å². The van der Waals surface area contributed by atoms with Gasteiger partial charge in [0, 0.05) is 4.70 Å². The summed E-state index contributed by atoms with van der Waals surface area (Å²) in [5.41, 5.74) is 0. The first-order valence-electron chi connectivity index (χ1n) is 3.46. The minimum absolute atomic E-state index is 0.922. The van der Waals surface area contributed by atoms with Gasteiger partial charge < -0.3 is 0 Å². The fourth-order valence-corrected chi connectivity index (χ4v) is 2.12. The lowest BCUT2D eigenvalue weighted by Gasteiger charge is -1.81. The molecule has 0 saturated heterocycles. The van der Waals surface area contributed by atoms with Crippen LogP contribution in [-0.4, -0.2) is 5.16 Å². The van der Waals surface area contributed by atoms with Crippen LogP contribution in [0.4, 0.5) is 5.00 Å². The normalized spacial score (nSPS) is 9.67. The number of thiocarbonyl (C=S) groups is 1. The molecule has 2 rings (SSSR count). The highest BCUT2D eigenvalue weighted by atomic mass is 32.1. The SMILES string of the molecule is S=C=Nc1cc2ccccc2s1. The van der Waals surface area contributed by atoms with E-state index in [1.807, 2.05) is 18.2 Å². The number of fused-ring (bicyclic) bond motifs is 1. The minimum Gasteiger partial charge on any atom is -0.184 e. The Labute approximate surface area is 79.4 Å². The van der Waals surface area contributed by atoms with Gasteiger partial charge in [0.1, 0.15) is 5.00 Å². The second kappa shape index (κ2) is 3.15. The van der Waals surface area contributed by atoms with Crippen molar-refractivity contribution >= 4 is 43.8 Å². The van der Waals surface area contributed by atoms with Gasteiger partial charge in [-0.3, -0.25) is 0 Å². The Hall–Kier alpha value is -1.02. The zero-order chi connectivity index (χ0) is 8.39. The first-order valence-corrected chi connectivity index (χ1v) is 4.69. The van der Waals surface area contributed by atoms with Crippen molar-refractivity contribution in [1.82, 2.24) is 0 Å². The van der Waals surface area contributed by atoms with Crippen LogP contribution in [0.25, 0.3) is 10.1 Å². The largest absolute Gasteiger partial charge is 0.184 e. The molecule has 1 aromatic carbocycles. The van der Waals surface area contributed by atoms with Crippen molar-refractivity contribution in [1.29, 1.82) is 0 Å². The Kier molecular flexibility index (Phi) is 2.00. The average molecular weight is 191 g/mol. The molecule has 0 aliphatic rings. The number of thiophene rings is 1. The maximum atomic E-state index is 4.53. The predicted octanol–water partition coefficient (Wildman–Crippen LogP) is 3.64. The van der Waals surface area contributed by atoms with Gasteiger partial charge in [0.25, 0.3) is 0 Å². The molecule has 0 radical (unpaired) electrons. The number of aliphatic imine (C=N–C) groups is 1. The van der Waals surface area contributed by atoms with E-state index in [0.717, 1.165) is 5.00 Å². The second-order valence-corrected chi connectivity index (χ2v) is 3.57. The fourth-order valence-electron chi connectivity index (χ4n) is 1.07. The van der Waals surface area contributed by atoms with E-state index in [0.29, 0.717) is 0 Å².